The van der Waals surface area contributed by atoms with Crippen molar-refractivity contribution in [1.82, 2.24) is 15.2 Å². The topological polar surface area (TPSA) is 61.6 Å². The first-order valence-electron chi connectivity index (χ1n) is 5.47. The molecule has 5 nitrogen and oxygen atoms in total. The third kappa shape index (κ3) is 3.15. The van der Waals surface area contributed by atoms with Gasteiger partial charge in [0.15, 0.2) is 0 Å². The Morgan fingerprint density at radius 2 is 2.33 bits per heavy atom. The Morgan fingerprint density at radius 3 is 2.87 bits per heavy atom. The predicted molar refractivity (Wildman–Crippen MR) is 60.1 cm³/mol. The van der Waals surface area contributed by atoms with Crippen molar-refractivity contribution in [2.75, 3.05) is 27.2 Å². The number of nitrogens with zero attached hydrogens (tertiary/aromatic N) is 2. The van der Waals surface area contributed by atoms with Gasteiger partial charge in [-0.25, -0.2) is 5.84 Å². The molecule has 0 radical (unpaired) electrons. The van der Waals surface area contributed by atoms with Gasteiger partial charge >= 0.3 is 0 Å². The average molecular weight is 214 g/mol. The summed E-state index contributed by atoms with van der Waals surface area (Å²) in [5.41, 5.74) is 2.20. The molecule has 0 bridgehead atoms. The van der Waals surface area contributed by atoms with Gasteiger partial charge in [0.2, 0.25) is 0 Å². The van der Waals surface area contributed by atoms with E-state index >= 15 is 0 Å². The van der Waals surface area contributed by atoms with Crippen molar-refractivity contribution >= 4 is 5.91 Å². The van der Waals surface area contributed by atoms with Crippen LogP contribution in [0.4, 0.5) is 0 Å². The smallest absolute Gasteiger partial charge is 0.250 e. The van der Waals surface area contributed by atoms with Gasteiger partial charge in [-0.15, -0.1) is 0 Å². The Morgan fingerprint density at radius 1 is 1.67 bits per heavy atom. The van der Waals surface area contributed by atoms with E-state index in [1.165, 1.54) is 6.42 Å². The van der Waals surface area contributed by atoms with E-state index in [0.29, 0.717) is 6.04 Å². The van der Waals surface area contributed by atoms with E-state index in [2.05, 4.69) is 22.3 Å². The van der Waals surface area contributed by atoms with Crippen LogP contribution >= 0.6 is 0 Å². The minimum absolute atomic E-state index is 0.120. The molecule has 0 spiro atoms. The minimum atomic E-state index is -0.161. The molecule has 1 saturated heterocycles. The van der Waals surface area contributed by atoms with Crippen molar-refractivity contribution in [3.8, 4) is 0 Å². The minimum Gasteiger partial charge on any atom is -0.305 e. The van der Waals surface area contributed by atoms with Crippen LogP contribution in [0, 0.1) is 0 Å². The van der Waals surface area contributed by atoms with Crippen LogP contribution in [0.5, 0.6) is 0 Å². The molecule has 2 atom stereocenters. The van der Waals surface area contributed by atoms with E-state index < -0.39 is 0 Å². The van der Waals surface area contributed by atoms with Crippen molar-refractivity contribution in [1.29, 1.82) is 0 Å². The Bertz CT molecular complexity index is 221. The van der Waals surface area contributed by atoms with E-state index in [9.17, 15) is 4.79 Å². The molecule has 0 aromatic carbocycles. The van der Waals surface area contributed by atoms with E-state index in [1.807, 2.05) is 14.0 Å². The third-order valence-corrected chi connectivity index (χ3v) is 3.31. The summed E-state index contributed by atoms with van der Waals surface area (Å²) in [6.07, 6.45) is 2.35. The van der Waals surface area contributed by atoms with Crippen molar-refractivity contribution in [3.05, 3.63) is 0 Å². The number of hydrazine groups is 1. The van der Waals surface area contributed by atoms with Gasteiger partial charge in [0, 0.05) is 12.6 Å². The van der Waals surface area contributed by atoms with Crippen LogP contribution in [0.3, 0.4) is 0 Å². The van der Waals surface area contributed by atoms with Gasteiger partial charge in [-0.1, -0.05) is 0 Å². The molecule has 1 aliphatic heterocycles. The Balaban J connectivity index is 2.51. The highest BCUT2D eigenvalue weighted by molar-refractivity contribution is 5.80. The summed E-state index contributed by atoms with van der Waals surface area (Å²) in [7, 11) is 4.11. The number of rotatable bonds is 3. The number of amides is 1. The van der Waals surface area contributed by atoms with Crippen LogP contribution < -0.4 is 11.3 Å². The highest BCUT2D eigenvalue weighted by atomic mass is 16.2. The fraction of sp³-hybridized carbons (Fsp3) is 0.900. The van der Waals surface area contributed by atoms with Gasteiger partial charge in [-0.05, 0) is 40.4 Å². The highest BCUT2D eigenvalue weighted by Gasteiger charge is 2.27. The number of hydrogen-bond donors (Lipinski definition) is 2. The van der Waals surface area contributed by atoms with Crippen molar-refractivity contribution in [3.63, 3.8) is 0 Å². The second-order valence-corrected chi connectivity index (χ2v) is 4.41. The summed E-state index contributed by atoms with van der Waals surface area (Å²) in [6, 6.07) is 0.294. The summed E-state index contributed by atoms with van der Waals surface area (Å²) < 4.78 is 0. The Hall–Kier alpha value is -0.650. The molecular weight excluding hydrogens is 192 g/mol. The second kappa shape index (κ2) is 5.44. The first kappa shape index (κ1) is 12.4. The van der Waals surface area contributed by atoms with Crippen molar-refractivity contribution < 1.29 is 4.79 Å². The lowest BCUT2D eigenvalue weighted by molar-refractivity contribution is -0.126. The maximum absolute atomic E-state index is 11.4. The molecule has 1 rings (SSSR count). The predicted octanol–water partition coefficient (Wildman–Crippen LogP) is -0.609. The molecule has 3 N–H and O–H groups in total. The Kier molecular flexibility index (Phi) is 4.50. The molecule has 1 amide bonds. The van der Waals surface area contributed by atoms with Gasteiger partial charge in [0.1, 0.15) is 0 Å². The zero-order valence-corrected chi connectivity index (χ0v) is 9.86. The molecule has 0 aromatic rings. The van der Waals surface area contributed by atoms with Gasteiger partial charge in [-0.2, -0.15) is 0 Å². The Labute approximate surface area is 91.6 Å². The molecule has 88 valence electrons. The molecule has 0 aliphatic carbocycles. The molecule has 1 aliphatic rings. The van der Waals surface area contributed by atoms with E-state index in [4.69, 9.17) is 5.84 Å². The van der Waals surface area contributed by atoms with Crippen LogP contribution in [-0.4, -0.2) is 55.0 Å². The number of carbonyl (C=O) groups excluding carboxylic acids is 1. The lowest BCUT2D eigenvalue weighted by atomic mass is 10.0. The largest absolute Gasteiger partial charge is 0.305 e. The number of likely N-dealkylation sites (N-methyl/N-ethyl adjacent to an activating group) is 2. The third-order valence-electron chi connectivity index (χ3n) is 3.31. The van der Waals surface area contributed by atoms with Gasteiger partial charge in [0.05, 0.1) is 6.04 Å². The van der Waals surface area contributed by atoms with Crippen LogP contribution in [0.2, 0.25) is 0 Å². The molecule has 1 fully saturated rings. The number of piperidine rings is 1. The van der Waals surface area contributed by atoms with Crippen LogP contribution in [0.15, 0.2) is 0 Å². The SMILES string of the molecule is CC(C(=O)NN)N(C)C1CCCN(C)C1. The van der Waals surface area contributed by atoms with E-state index in [0.717, 1.165) is 19.5 Å². The fourth-order valence-electron chi connectivity index (χ4n) is 2.09. The second-order valence-electron chi connectivity index (χ2n) is 4.41. The molecule has 0 aromatic heterocycles. The number of hydrogen-bond acceptors (Lipinski definition) is 4. The quantitative estimate of drug-likeness (QED) is 0.374. The van der Waals surface area contributed by atoms with Crippen LogP contribution in [-0.2, 0) is 4.79 Å². The summed E-state index contributed by atoms with van der Waals surface area (Å²) in [5.74, 6) is 5.01. The monoisotopic (exact) mass is 214 g/mol. The normalized spacial score (nSPS) is 25.3. The lowest BCUT2D eigenvalue weighted by Crippen LogP contribution is -2.53. The number of nitrogens with two attached hydrogens (primary N) is 1. The van der Waals surface area contributed by atoms with E-state index in [1.54, 1.807) is 0 Å². The standard InChI is InChI=1S/C10H22N4O/c1-8(10(15)12-11)14(3)9-5-4-6-13(2)7-9/h8-9H,4-7,11H2,1-3H3,(H,12,15). The summed E-state index contributed by atoms with van der Waals surface area (Å²) in [6.45, 7) is 4.07. The average Bonchev–Trinajstić information content (AvgIpc) is 2.26. The fourth-order valence-corrected chi connectivity index (χ4v) is 2.09. The van der Waals surface area contributed by atoms with Gasteiger partial charge < -0.3 is 4.90 Å². The number of carbonyl (C=O) groups is 1. The molecule has 2 unspecified atom stereocenters. The summed E-state index contributed by atoms with van der Waals surface area (Å²) in [5, 5.41) is 0. The van der Waals surface area contributed by atoms with Gasteiger partial charge in [0.25, 0.3) is 5.91 Å². The van der Waals surface area contributed by atoms with Crippen LogP contribution in [0.1, 0.15) is 19.8 Å². The lowest BCUT2D eigenvalue weighted by Gasteiger charge is -2.38. The zero-order valence-electron chi connectivity index (χ0n) is 9.86. The molecule has 0 saturated carbocycles. The number of nitrogens with one attached hydrogen (secondary N) is 1. The summed E-state index contributed by atoms with van der Waals surface area (Å²) >= 11 is 0. The van der Waals surface area contributed by atoms with Crippen LogP contribution in [0.25, 0.3) is 0 Å². The van der Waals surface area contributed by atoms with Gasteiger partial charge in [-0.3, -0.25) is 15.1 Å². The van der Waals surface area contributed by atoms with Crippen molar-refractivity contribution in [2.24, 2.45) is 5.84 Å². The molecule has 1 heterocycles. The maximum atomic E-state index is 11.4. The first-order valence-corrected chi connectivity index (χ1v) is 5.47. The zero-order chi connectivity index (χ0) is 11.4. The molecule has 5 heteroatoms. The maximum Gasteiger partial charge on any atom is 0.250 e. The van der Waals surface area contributed by atoms with Crippen molar-refractivity contribution in [2.45, 2.75) is 31.8 Å². The molecular formula is C10H22N4O. The first-order chi connectivity index (χ1) is 7.06. The highest BCUT2D eigenvalue weighted by Crippen LogP contribution is 2.15. The van der Waals surface area contributed by atoms with E-state index in [-0.39, 0.29) is 11.9 Å². The summed E-state index contributed by atoms with van der Waals surface area (Å²) in [4.78, 5) is 15.8. The molecule has 15 heavy (non-hydrogen) atoms. The number of likely N-dealkylation sites (tertiary alicyclic amines) is 1.